The highest BCUT2D eigenvalue weighted by Gasteiger charge is 2.48. The molecule has 3 heterocycles. The van der Waals surface area contributed by atoms with Crippen LogP contribution in [-0.4, -0.2) is 90.1 Å². The highest BCUT2D eigenvalue weighted by Crippen LogP contribution is 2.28. The zero-order valence-electron chi connectivity index (χ0n) is 15.0. The number of sulfone groups is 1. The lowest BCUT2D eigenvalue weighted by atomic mass is 10.1. The number of amides is 2. The van der Waals surface area contributed by atoms with Gasteiger partial charge in [-0.1, -0.05) is 13.8 Å². The highest BCUT2D eigenvalue weighted by molar-refractivity contribution is 7.91. The highest BCUT2D eigenvalue weighted by atomic mass is 32.2. The number of rotatable bonds is 3. The second kappa shape index (κ2) is 6.56. The quantitative estimate of drug-likeness (QED) is 0.746. The van der Waals surface area contributed by atoms with E-state index in [0.717, 1.165) is 0 Å². The van der Waals surface area contributed by atoms with E-state index < -0.39 is 9.84 Å². The number of piperazine rings is 1. The van der Waals surface area contributed by atoms with Gasteiger partial charge in [0, 0.05) is 39.1 Å². The zero-order valence-corrected chi connectivity index (χ0v) is 15.9. The van der Waals surface area contributed by atoms with Gasteiger partial charge in [0.1, 0.15) is 0 Å². The molecule has 10 heteroatoms. The average molecular weight is 371 g/mol. The molecular formula is C15H25N5O4S. The summed E-state index contributed by atoms with van der Waals surface area (Å²) in [5, 5.41) is 8.10. The lowest BCUT2D eigenvalue weighted by Gasteiger charge is -2.44. The van der Waals surface area contributed by atoms with Gasteiger partial charge >= 0.3 is 6.03 Å². The number of hydrogen-bond donors (Lipinski definition) is 0. The molecule has 2 saturated heterocycles. The van der Waals surface area contributed by atoms with Gasteiger partial charge in [-0.15, -0.1) is 10.2 Å². The molecule has 0 unspecified atom stereocenters. The Bertz CT molecular complexity index is 745. The Morgan fingerprint density at radius 3 is 2.52 bits per heavy atom. The Labute approximate surface area is 147 Å². The molecule has 0 N–H and O–H groups in total. The summed E-state index contributed by atoms with van der Waals surface area (Å²) in [6, 6.07) is -0.718. The van der Waals surface area contributed by atoms with Crippen LogP contribution < -0.4 is 0 Å². The summed E-state index contributed by atoms with van der Waals surface area (Å²) in [4.78, 5) is 17.6. The fourth-order valence-corrected chi connectivity index (χ4v) is 5.46. The number of nitrogens with zero attached hydrogens (tertiary/aromatic N) is 5. The SMILES string of the molecule is CC(C)c1nnc(CN2CCN(C(=O)N(C)C)[C@@H]3CS(=O)(=O)C[C@@H]32)o1. The first-order valence-corrected chi connectivity index (χ1v) is 10.2. The average Bonchev–Trinajstić information content (AvgIpc) is 3.10. The Morgan fingerprint density at radius 1 is 1.24 bits per heavy atom. The van der Waals surface area contributed by atoms with Crippen molar-refractivity contribution in [1.29, 1.82) is 0 Å². The molecule has 9 nitrogen and oxygen atoms in total. The summed E-state index contributed by atoms with van der Waals surface area (Å²) in [5.74, 6) is 1.27. The van der Waals surface area contributed by atoms with E-state index in [1.165, 1.54) is 4.90 Å². The van der Waals surface area contributed by atoms with Gasteiger partial charge in [0.2, 0.25) is 11.8 Å². The van der Waals surface area contributed by atoms with Crippen molar-refractivity contribution in [2.24, 2.45) is 0 Å². The van der Waals surface area contributed by atoms with Gasteiger partial charge in [-0.3, -0.25) is 4.90 Å². The second-order valence-corrected chi connectivity index (χ2v) is 9.40. The molecule has 1 aromatic rings. The fourth-order valence-electron chi connectivity index (χ4n) is 3.45. The van der Waals surface area contributed by atoms with Gasteiger partial charge in [-0.25, -0.2) is 13.2 Å². The van der Waals surface area contributed by atoms with Crippen LogP contribution >= 0.6 is 0 Å². The minimum Gasteiger partial charge on any atom is -0.424 e. The summed E-state index contributed by atoms with van der Waals surface area (Å²) < 4.78 is 30.1. The lowest BCUT2D eigenvalue weighted by molar-refractivity contribution is 0.0470. The molecule has 2 aliphatic heterocycles. The predicted molar refractivity (Wildman–Crippen MR) is 90.8 cm³/mol. The van der Waals surface area contributed by atoms with Gasteiger partial charge in [0.15, 0.2) is 9.84 Å². The molecule has 0 spiro atoms. The largest absolute Gasteiger partial charge is 0.424 e. The zero-order chi connectivity index (χ0) is 18.4. The van der Waals surface area contributed by atoms with E-state index in [1.54, 1.807) is 19.0 Å². The summed E-state index contributed by atoms with van der Waals surface area (Å²) >= 11 is 0. The van der Waals surface area contributed by atoms with Crippen molar-refractivity contribution in [1.82, 2.24) is 24.9 Å². The van der Waals surface area contributed by atoms with Gasteiger partial charge in [-0.05, 0) is 0 Å². The Balaban J connectivity index is 1.79. The van der Waals surface area contributed by atoms with E-state index in [2.05, 4.69) is 10.2 Å². The van der Waals surface area contributed by atoms with Crippen LogP contribution in [0.5, 0.6) is 0 Å². The summed E-state index contributed by atoms with van der Waals surface area (Å²) in [6.07, 6.45) is 0. The van der Waals surface area contributed by atoms with Crippen LogP contribution in [0.4, 0.5) is 4.79 Å². The topological polar surface area (TPSA) is 99.9 Å². The standard InChI is InChI=1S/C15H25N5O4S/c1-10(2)14-17-16-13(24-14)7-19-5-6-20(15(21)18(3)4)12-9-25(22,23)8-11(12)19/h10-12H,5-9H2,1-4H3/t11-,12+/m0/s1. The van der Waals surface area contributed by atoms with Crippen molar-refractivity contribution in [2.75, 3.05) is 38.7 Å². The molecule has 0 aliphatic carbocycles. The molecule has 140 valence electrons. The molecule has 1 aromatic heterocycles. The van der Waals surface area contributed by atoms with Crippen LogP contribution in [0, 0.1) is 0 Å². The molecule has 25 heavy (non-hydrogen) atoms. The maximum absolute atomic E-state index is 12.4. The van der Waals surface area contributed by atoms with Crippen molar-refractivity contribution in [3.8, 4) is 0 Å². The predicted octanol–water partition coefficient (Wildman–Crippen LogP) is 0.158. The molecule has 2 atom stereocenters. The van der Waals surface area contributed by atoms with Crippen molar-refractivity contribution in [3.63, 3.8) is 0 Å². The van der Waals surface area contributed by atoms with E-state index in [0.29, 0.717) is 31.4 Å². The molecule has 0 radical (unpaired) electrons. The maximum atomic E-state index is 12.4. The normalized spacial score (nSPS) is 26.0. The fraction of sp³-hybridized carbons (Fsp3) is 0.800. The Morgan fingerprint density at radius 2 is 1.92 bits per heavy atom. The molecule has 2 aliphatic rings. The van der Waals surface area contributed by atoms with Crippen LogP contribution in [-0.2, 0) is 16.4 Å². The Hall–Kier alpha value is -1.68. The number of fused-ring (bicyclic) bond motifs is 1. The van der Waals surface area contributed by atoms with Crippen LogP contribution in [0.1, 0.15) is 31.5 Å². The lowest BCUT2D eigenvalue weighted by Crippen LogP contribution is -2.61. The van der Waals surface area contributed by atoms with Crippen molar-refractivity contribution < 1.29 is 17.6 Å². The number of carbonyl (C=O) groups is 1. The minimum atomic E-state index is -3.18. The summed E-state index contributed by atoms with van der Waals surface area (Å²) in [7, 11) is 0.184. The van der Waals surface area contributed by atoms with E-state index in [1.807, 2.05) is 18.7 Å². The van der Waals surface area contributed by atoms with Crippen LogP contribution in [0.2, 0.25) is 0 Å². The monoisotopic (exact) mass is 371 g/mol. The van der Waals surface area contributed by atoms with Crippen LogP contribution in [0.3, 0.4) is 0 Å². The first-order valence-electron chi connectivity index (χ1n) is 8.42. The van der Waals surface area contributed by atoms with Crippen molar-refractivity contribution in [2.45, 2.75) is 38.4 Å². The van der Waals surface area contributed by atoms with Crippen LogP contribution in [0.25, 0.3) is 0 Å². The van der Waals surface area contributed by atoms with E-state index in [-0.39, 0.29) is 35.5 Å². The molecule has 0 bridgehead atoms. The molecule has 3 rings (SSSR count). The van der Waals surface area contributed by atoms with Crippen LogP contribution in [0.15, 0.2) is 4.42 Å². The second-order valence-electron chi connectivity index (χ2n) is 7.24. The van der Waals surface area contributed by atoms with Gasteiger partial charge in [0.05, 0.1) is 24.1 Å². The molecular weight excluding hydrogens is 346 g/mol. The summed E-state index contributed by atoms with van der Waals surface area (Å²) in [5.41, 5.74) is 0. The minimum absolute atomic E-state index is 0.00875. The molecule has 0 aromatic carbocycles. The smallest absolute Gasteiger partial charge is 0.319 e. The number of carbonyl (C=O) groups excluding carboxylic acids is 1. The molecule has 0 saturated carbocycles. The maximum Gasteiger partial charge on any atom is 0.319 e. The van der Waals surface area contributed by atoms with E-state index in [9.17, 15) is 13.2 Å². The molecule has 2 amide bonds. The van der Waals surface area contributed by atoms with Crippen molar-refractivity contribution >= 4 is 15.9 Å². The van der Waals surface area contributed by atoms with E-state index in [4.69, 9.17) is 4.42 Å². The summed E-state index contributed by atoms with van der Waals surface area (Å²) in [6.45, 7) is 5.42. The van der Waals surface area contributed by atoms with E-state index >= 15 is 0 Å². The van der Waals surface area contributed by atoms with Gasteiger partial charge < -0.3 is 14.2 Å². The third-order valence-corrected chi connectivity index (χ3v) is 6.43. The number of urea groups is 1. The third kappa shape index (κ3) is 3.64. The number of aromatic nitrogens is 2. The first-order chi connectivity index (χ1) is 11.7. The number of hydrogen-bond acceptors (Lipinski definition) is 7. The Kier molecular flexibility index (Phi) is 4.76. The molecule has 2 fully saturated rings. The first kappa shape index (κ1) is 18.1. The van der Waals surface area contributed by atoms with Gasteiger partial charge in [0.25, 0.3) is 0 Å². The van der Waals surface area contributed by atoms with Gasteiger partial charge in [-0.2, -0.15) is 0 Å². The third-order valence-electron chi connectivity index (χ3n) is 4.73. The van der Waals surface area contributed by atoms with Crippen molar-refractivity contribution in [3.05, 3.63) is 11.8 Å².